The van der Waals surface area contributed by atoms with Crippen molar-refractivity contribution < 1.29 is 19.1 Å². The predicted molar refractivity (Wildman–Crippen MR) is 127 cm³/mol. The zero-order valence-electron chi connectivity index (χ0n) is 18.5. The maximum Gasteiger partial charge on any atom is 0.408 e. The second kappa shape index (κ2) is 13.4. The number of benzene rings is 2. The molecule has 0 aliphatic heterocycles. The van der Waals surface area contributed by atoms with Gasteiger partial charge in [0, 0.05) is 11.5 Å². The topological polar surface area (TPSA) is 111 Å². The molecule has 3 amide bonds. The minimum atomic E-state index is -0.874. The average Bonchev–Trinajstić information content (AvgIpc) is 2.77. The minimum Gasteiger partial charge on any atom is -0.445 e. The molecule has 0 fully saturated rings. The van der Waals surface area contributed by atoms with Gasteiger partial charge in [-0.1, -0.05) is 74.5 Å². The Morgan fingerprint density at radius 1 is 0.906 bits per heavy atom. The lowest BCUT2D eigenvalue weighted by Crippen LogP contribution is -2.54. The Morgan fingerprint density at radius 3 is 2.06 bits per heavy atom. The monoisotopic (exact) mass is 457 g/mol. The summed E-state index contributed by atoms with van der Waals surface area (Å²) in [6, 6.07) is 17.4. The van der Waals surface area contributed by atoms with Gasteiger partial charge in [0.1, 0.15) is 18.7 Å². The van der Waals surface area contributed by atoms with Gasteiger partial charge in [-0.05, 0) is 23.5 Å². The van der Waals surface area contributed by atoms with Crippen LogP contribution in [0, 0.1) is 5.92 Å². The van der Waals surface area contributed by atoms with E-state index in [1.54, 1.807) is 0 Å². The lowest BCUT2D eigenvalue weighted by Gasteiger charge is -2.22. The maximum atomic E-state index is 12.9. The van der Waals surface area contributed by atoms with E-state index in [0.717, 1.165) is 11.1 Å². The highest BCUT2D eigenvalue weighted by Crippen LogP contribution is 2.14. The Hall–Kier alpha value is -3.00. The van der Waals surface area contributed by atoms with E-state index in [9.17, 15) is 14.4 Å². The second-order valence-corrected chi connectivity index (χ2v) is 8.88. The molecule has 0 saturated carbocycles. The van der Waals surface area contributed by atoms with E-state index >= 15 is 0 Å². The smallest absolute Gasteiger partial charge is 0.408 e. The van der Waals surface area contributed by atoms with Crippen LogP contribution in [0.15, 0.2) is 60.7 Å². The van der Waals surface area contributed by atoms with Crippen LogP contribution in [0.2, 0.25) is 0 Å². The Bertz CT molecular complexity index is 862. The van der Waals surface area contributed by atoms with Crippen molar-refractivity contribution in [2.45, 2.75) is 44.7 Å². The van der Waals surface area contributed by atoms with E-state index in [1.807, 2.05) is 74.5 Å². The van der Waals surface area contributed by atoms with Crippen molar-refractivity contribution in [3.8, 4) is 0 Å². The number of amides is 3. The summed E-state index contributed by atoms with van der Waals surface area (Å²) in [4.78, 5) is 37.0. The molecule has 8 heteroatoms. The van der Waals surface area contributed by atoms with Crippen molar-refractivity contribution in [1.82, 2.24) is 10.6 Å². The number of rotatable bonds is 12. The molecule has 2 unspecified atom stereocenters. The van der Waals surface area contributed by atoms with Crippen molar-refractivity contribution in [2.24, 2.45) is 11.7 Å². The molecule has 0 heterocycles. The normalized spacial score (nSPS) is 12.6. The highest BCUT2D eigenvalue weighted by molar-refractivity contribution is 7.98. The van der Waals surface area contributed by atoms with Crippen LogP contribution in [0.1, 0.15) is 31.4 Å². The fourth-order valence-electron chi connectivity index (χ4n) is 2.95. The molecule has 0 spiro atoms. The summed E-state index contributed by atoms with van der Waals surface area (Å²) >= 11 is 1.50. The molecule has 0 radical (unpaired) electrons. The molecular weight excluding hydrogens is 426 g/mol. The fraction of sp³-hybridized carbons (Fsp3) is 0.375. The minimum absolute atomic E-state index is 0.0927. The third-order valence-corrected chi connectivity index (χ3v) is 5.69. The van der Waals surface area contributed by atoms with Gasteiger partial charge < -0.3 is 21.1 Å². The van der Waals surface area contributed by atoms with Crippen LogP contribution < -0.4 is 16.4 Å². The zero-order chi connectivity index (χ0) is 23.3. The standard InChI is InChI=1S/C24H31N3O4S/c1-17(2)13-20(22(25)28)26-23(29)21(16-32-15-19-11-7-4-8-12-19)27-24(30)31-14-18-9-5-3-6-10-18/h3-12,17,20-21H,13-16H2,1-2H3,(H2,25,28)(H,26,29)(H,27,30). The molecule has 4 N–H and O–H groups in total. The van der Waals surface area contributed by atoms with Crippen LogP contribution in [0.25, 0.3) is 0 Å². The van der Waals surface area contributed by atoms with Gasteiger partial charge in [0.05, 0.1) is 0 Å². The van der Waals surface area contributed by atoms with Crippen molar-refractivity contribution in [2.75, 3.05) is 5.75 Å². The number of hydrogen-bond acceptors (Lipinski definition) is 5. The molecule has 0 aliphatic carbocycles. The van der Waals surface area contributed by atoms with Crippen LogP contribution >= 0.6 is 11.8 Å². The first kappa shape index (κ1) is 25.3. The summed E-state index contributed by atoms with van der Waals surface area (Å²) in [6.07, 6.45) is -0.280. The first-order valence-electron chi connectivity index (χ1n) is 10.5. The van der Waals surface area contributed by atoms with E-state index in [4.69, 9.17) is 10.5 Å². The lowest BCUT2D eigenvalue weighted by molar-refractivity contribution is -0.128. The quantitative estimate of drug-likeness (QED) is 0.453. The predicted octanol–water partition coefficient (Wildman–Crippen LogP) is 3.23. The Kier molecular flexibility index (Phi) is 10.6. The van der Waals surface area contributed by atoms with Gasteiger partial charge in [-0.15, -0.1) is 0 Å². The highest BCUT2D eigenvalue weighted by atomic mass is 32.2. The summed E-state index contributed by atoms with van der Waals surface area (Å²) in [6.45, 7) is 3.97. The number of carbonyl (C=O) groups is 3. The third kappa shape index (κ3) is 9.43. The van der Waals surface area contributed by atoms with Crippen molar-refractivity contribution in [3.05, 3.63) is 71.8 Å². The number of primary amides is 1. The van der Waals surface area contributed by atoms with Crippen molar-refractivity contribution in [3.63, 3.8) is 0 Å². The van der Waals surface area contributed by atoms with Crippen LogP contribution in [0.4, 0.5) is 4.79 Å². The third-order valence-electron chi connectivity index (χ3n) is 4.58. The van der Waals surface area contributed by atoms with E-state index < -0.39 is 30.0 Å². The van der Waals surface area contributed by atoms with Crippen LogP contribution in [-0.4, -0.2) is 35.7 Å². The summed E-state index contributed by atoms with van der Waals surface area (Å²) in [5, 5.41) is 5.30. The molecule has 0 saturated heterocycles. The highest BCUT2D eigenvalue weighted by Gasteiger charge is 2.26. The number of nitrogens with two attached hydrogens (primary N) is 1. The first-order chi connectivity index (χ1) is 15.3. The van der Waals surface area contributed by atoms with Crippen LogP contribution in [-0.2, 0) is 26.7 Å². The van der Waals surface area contributed by atoms with Crippen LogP contribution in [0.3, 0.4) is 0 Å². The maximum absolute atomic E-state index is 12.9. The molecule has 2 rings (SSSR count). The van der Waals surface area contributed by atoms with Gasteiger partial charge >= 0.3 is 6.09 Å². The van der Waals surface area contributed by atoms with Gasteiger partial charge in [-0.3, -0.25) is 9.59 Å². The summed E-state index contributed by atoms with van der Waals surface area (Å²) in [5.41, 5.74) is 7.40. The van der Waals surface area contributed by atoms with Gasteiger partial charge in [0.2, 0.25) is 11.8 Å². The average molecular weight is 458 g/mol. The Morgan fingerprint density at radius 2 is 1.50 bits per heavy atom. The van der Waals surface area contributed by atoms with E-state index in [1.165, 1.54) is 11.8 Å². The number of ether oxygens (including phenoxy) is 1. The number of nitrogens with one attached hydrogen (secondary N) is 2. The number of alkyl carbamates (subject to hydrolysis) is 1. The number of hydrogen-bond donors (Lipinski definition) is 3. The Labute approximate surface area is 193 Å². The van der Waals surface area contributed by atoms with Gasteiger partial charge in [0.15, 0.2) is 0 Å². The van der Waals surface area contributed by atoms with Crippen molar-refractivity contribution >= 4 is 29.7 Å². The SMILES string of the molecule is CC(C)CC(NC(=O)C(CSCc1ccccc1)NC(=O)OCc1ccccc1)C(N)=O. The molecule has 7 nitrogen and oxygen atoms in total. The van der Waals surface area contributed by atoms with Gasteiger partial charge in [-0.25, -0.2) is 4.79 Å². The molecule has 2 atom stereocenters. The molecule has 172 valence electrons. The zero-order valence-corrected chi connectivity index (χ0v) is 19.3. The van der Waals surface area contributed by atoms with Crippen LogP contribution in [0.5, 0.6) is 0 Å². The summed E-state index contributed by atoms with van der Waals surface area (Å²) in [5.74, 6) is 0.0915. The fourth-order valence-corrected chi connectivity index (χ4v) is 3.97. The Balaban J connectivity index is 1.98. The van der Waals surface area contributed by atoms with Gasteiger partial charge in [-0.2, -0.15) is 11.8 Å². The first-order valence-corrected chi connectivity index (χ1v) is 11.7. The van der Waals surface area contributed by atoms with E-state index in [0.29, 0.717) is 17.9 Å². The molecule has 32 heavy (non-hydrogen) atoms. The van der Waals surface area contributed by atoms with Crippen molar-refractivity contribution in [1.29, 1.82) is 0 Å². The largest absolute Gasteiger partial charge is 0.445 e. The number of carbonyl (C=O) groups excluding carboxylic acids is 3. The molecule has 2 aromatic rings. The van der Waals surface area contributed by atoms with E-state index in [2.05, 4.69) is 10.6 Å². The lowest BCUT2D eigenvalue weighted by atomic mass is 10.0. The molecule has 2 aromatic carbocycles. The molecule has 0 bridgehead atoms. The second-order valence-electron chi connectivity index (χ2n) is 7.85. The molecular formula is C24H31N3O4S. The molecule has 0 aliphatic rings. The molecule has 0 aromatic heterocycles. The summed E-state index contributed by atoms with van der Waals surface area (Å²) in [7, 11) is 0. The van der Waals surface area contributed by atoms with E-state index in [-0.39, 0.29) is 12.5 Å². The number of thioether (sulfide) groups is 1. The van der Waals surface area contributed by atoms with Gasteiger partial charge in [0.25, 0.3) is 0 Å². The summed E-state index contributed by atoms with van der Waals surface area (Å²) < 4.78 is 5.26.